The number of carboxylic acid groups (broad SMARTS) is 1. The number of hydrogen-bond donors (Lipinski definition) is 1. The van der Waals surface area contributed by atoms with Crippen LogP contribution in [-0.4, -0.2) is 23.2 Å². The topological polar surface area (TPSA) is 59.4 Å². The van der Waals surface area contributed by atoms with Gasteiger partial charge in [0.25, 0.3) is 0 Å². The molecule has 4 nitrogen and oxygen atoms in total. The van der Waals surface area contributed by atoms with Crippen molar-refractivity contribution in [3.8, 4) is 0 Å². The maximum absolute atomic E-state index is 11.3. The van der Waals surface area contributed by atoms with Gasteiger partial charge >= 0.3 is 5.97 Å². The Morgan fingerprint density at radius 3 is 2.61 bits per heavy atom. The lowest BCUT2D eigenvalue weighted by Crippen LogP contribution is -2.24. The first-order chi connectivity index (χ1) is 8.66. The summed E-state index contributed by atoms with van der Waals surface area (Å²) in [7, 11) is 1.71. The predicted octanol–water partition coefficient (Wildman–Crippen LogP) is 3.13. The van der Waals surface area contributed by atoms with Crippen molar-refractivity contribution in [1.82, 2.24) is 4.98 Å². The van der Waals surface area contributed by atoms with Crippen LogP contribution in [0.25, 0.3) is 0 Å². The van der Waals surface area contributed by atoms with Crippen LogP contribution in [0.1, 0.15) is 64.8 Å². The van der Waals surface area contributed by atoms with Gasteiger partial charge in [-0.1, -0.05) is 12.8 Å². The van der Waals surface area contributed by atoms with Crippen molar-refractivity contribution in [1.29, 1.82) is 0 Å². The number of hydrogen-bond acceptors (Lipinski definition) is 4. The van der Waals surface area contributed by atoms with E-state index in [1.165, 1.54) is 11.3 Å². The van der Waals surface area contributed by atoms with Gasteiger partial charge in [-0.05, 0) is 25.7 Å². The third-order valence-electron chi connectivity index (χ3n) is 4.00. The average Bonchev–Trinajstić information content (AvgIpc) is 2.94. The fourth-order valence-corrected chi connectivity index (χ4v) is 3.98. The average molecular weight is 267 g/mol. The van der Waals surface area contributed by atoms with Crippen LogP contribution in [-0.2, 0) is 10.3 Å². The number of nitrogens with zero attached hydrogens (tertiary/aromatic N) is 1. The van der Waals surface area contributed by atoms with E-state index < -0.39 is 5.97 Å². The molecule has 2 saturated carbocycles. The fraction of sp³-hybridized carbons (Fsp3) is 0.692. The zero-order valence-corrected chi connectivity index (χ0v) is 11.3. The number of thiazole rings is 1. The Morgan fingerprint density at radius 2 is 2.11 bits per heavy atom. The lowest BCUT2D eigenvalue weighted by Gasteiger charge is -2.24. The van der Waals surface area contributed by atoms with E-state index in [1.54, 1.807) is 7.11 Å². The van der Waals surface area contributed by atoms with Gasteiger partial charge in [-0.3, -0.25) is 0 Å². The minimum Gasteiger partial charge on any atom is -0.477 e. The highest BCUT2D eigenvalue weighted by molar-refractivity contribution is 7.13. The van der Waals surface area contributed by atoms with Gasteiger partial charge in [0.1, 0.15) is 15.5 Å². The molecule has 1 aromatic rings. The highest BCUT2D eigenvalue weighted by atomic mass is 32.1. The van der Waals surface area contributed by atoms with Crippen LogP contribution in [0, 0.1) is 0 Å². The van der Waals surface area contributed by atoms with Crippen LogP contribution in [0.4, 0.5) is 0 Å². The zero-order valence-electron chi connectivity index (χ0n) is 10.4. The molecule has 0 saturated heterocycles. The molecule has 1 aromatic heterocycles. The third kappa shape index (κ3) is 1.86. The largest absolute Gasteiger partial charge is 0.477 e. The maximum Gasteiger partial charge on any atom is 0.347 e. The molecule has 3 rings (SSSR count). The van der Waals surface area contributed by atoms with Crippen molar-refractivity contribution in [2.45, 2.75) is 50.0 Å². The summed E-state index contributed by atoms with van der Waals surface area (Å²) in [6, 6.07) is 0. The first-order valence-electron chi connectivity index (χ1n) is 6.46. The van der Waals surface area contributed by atoms with E-state index in [1.807, 2.05) is 0 Å². The quantitative estimate of drug-likeness (QED) is 0.910. The molecule has 2 fully saturated rings. The van der Waals surface area contributed by atoms with Gasteiger partial charge in [-0.25, -0.2) is 9.78 Å². The molecule has 1 N–H and O–H groups in total. The molecule has 1 heterocycles. The van der Waals surface area contributed by atoms with E-state index >= 15 is 0 Å². The lowest BCUT2D eigenvalue weighted by molar-refractivity contribution is -0.00896. The summed E-state index contributed by atoms with van der Waals surface area (Å²) in [5, 5.41) is 10.2. The molecule has 0 atom stereocenters. The number of rotatable bonds is 4. The zero-order chi connectivity index (χ0) is 12.8. The Labute approximate surface area is 110 Å². The molecular weight excluding hydrogens is 250 g/mol. The summed E-state index contributed by atoms with van der Waals surface area (Å²) >= 11 is 1.32. The van der Waals surface area contributed by atoms with Crippen LogP contribution in [0.3, 0.4) is 0 Å². The minimum atomic E-state index is -0.843. The summed E-state index contributed by atoms with van der Waals surface area (Å²) < 4.78 is 5.69. The number of carbonyl (C=O) groups is 1. The Morgan fingerprint density at radius 1 is 1.44 bits per heavy atom. The molecule has 0 aromatic carbocycles. The van der Waals surface area contributed by atoms with E-state index in [0.717, 1.165) is 49.2 Å². The van der Waals surface area contributed by atoms with Gasteiger partial charge < -0.3 is 9.84 Å². The number of carboxylic acids is 1. The summed E-state index contributed by atoms with van der Waals surface area (Å²) in [5.74, 6) is -0.471. The Kier molecular flexibility index (Phi) is 2.90. The molecular formula is C13H17NO3S. The monoisotopic (exact) mass is 267 g/mol. The van der Waals surface area contributed by atoms with E-state index in [4.69, 9.17) is 4.74 Å². The minimum absolute atomic E-state index is 0.317. The highest BCUT2D eigenvalue weighted by Crippen LogP contribution is 2.48. The Hall–Kier alpha value is -0.940. The normalized spacial score (nSPS) is 22.3. The second-order valence-corrected chi connectivity index (χ2v) is 6.22. The molecule has 0 spiro atoms. The number of ether oxygens (including phenoxy) is 1. The molecule has 0 unspecified atom stereocenters. The van der Waals surface area contributed by atoms with Crippen LogP contribution in [0.15, 0.2) is 0 Å². The second kappa shape index (κ2) is 4.31. The van der Waals surface area contributed by atoms with Gasteiger partial charge in [0.2, 0.25) is 0 Å². The van der Waals surface area contributed by atoms with Gasteiger partial charge in [-0.2, -0.15) is 0 Å². The van der Waals surface area contributed by atoms with Crippen molar-refractivity contribution in [2.75, 3.05) is 7.11 Å². The van der Waals surface area contributed by atoms with Gasteiger partial charge in [0.15, 0.2) is 0 Å². The van der Waals surface area contributed by atoms with Crippen LogP contribution in [0.2, 0.25) is 0 Å². The first-order valence-corrected chi connectivity index (χ1v) is 7.27. The van der Waals surface area contributed by atoms with E-state index in [2.05, 4.69) is 4.98 Å². The number of aromatic carboxylic acids is 1. The van der Waals surface area contributed by atoms with Crippen LogP contribution >= 0.6 is 11.3 Å². The SMILES string of the molecule is COC1(c2nc(C3CC3)c(C(=O)O)s2)CCCC1. The van der Waals surface area contributed by atoms with Crippen LogP contribution in [0.5, 0.6) is 0 Å². The molecule has 2 aliphatic carbocycles. The van der Waals surface area contributed by atoms with Gasteiger partial charge in [0, 0.05) is 13.0 Å². The lowest BCUT2D eigenvalue weighted by atomic mass is 10.0. The van der Waals surface area contributed by atoms with Crippen molar-refractivity contribution < 1.29 is 14.6 Å². The summed E-state index contributed by atoms with van der Waals surface area (Å²) in [6.45, 7) is 0. The Bertz CT molecular complexity index is 473. The molecule has 98 valence electrons. The summed E-state index contributed by atoms with van der Waals surface area (Å²) in [6.07, 6.45) is 6.33. The smallest absolute Gasteiger partial charge is 0.347 e. The highest BCUT2D eigenvalue weighted by Gasteiger charge is 2.41. The van der Waals surface area contributed by atoms with Crippen molar-refractivity contribution in [3.05, 3.63) is 15.6 Å². The van der Waals surface area contributed by atoms with E-state index in [0.29, 0.717) is 10.8 Å². The predicted molar refractivity (Wildman–Crippen MR) is 68.2 cm³/mol. The van der Waals surface area contributed by atoms with Crippen molar-refractivity contribution in [2.24, 2.45) is 0 Å². The van der Waals surface area contributed by atoms with Gasteiger partial charge in [0.05, 0.1) is 5.69 Å². The second-order valence-electron chi connectivity index (χ2n) is 5.22. The molecule has 0 radical (unpaired) electrons. The number of methoxy groups -OCH3 is 1. The fourth-order valence-electron chi connectivity index (χ4n) is 2.76. The van der Waals surface area contributed by atoms with E-state index in [-0.39, 0.29) is 5.60 Å². The first kappa shape index (κ1) is 12.1. The van der Waals surface area contributed by atoms with Gasteiger partial charge in [-0.15, -0.1) is 11.3 Å². The third-order valence-corrected chi connectivity index (χ3v) is 5.25. The summed E-state index contributed by atoms with van der Waals surface area (Å²) in [5.41, 5.74) is 0.480. The standard InChI is InChI=1S/C13H17NO3S/c1-17-13(6-2-3-7-13)12-14-9(8-4-5-8)10(18-12)11(15)16/h8H,2-7H2,1H3,(H,15,16). The summed E-state index contributed by atoms with van der Waals surface area (Å²) in [4.78, 5) is 16.4. The van der Waals surface area contributed by atoms with Crippen molar-refractivity contribution in [3.63, 3.8) is 0 Å². The Balaban J connectivity index is 2.01. The maximum atomic E-state index is 11.3. The number of aromatic nitrogens is 1. The molecule has 5 heteroatoms. The molecule has 0 amide bonds. The molecule has 2 aliphatic rings. The molecule has 0 bridgehead atoms. The van der Waals surface area contributed by atoms with Crippen molar-refractivity contribution >= 4 is 17.3 Å². The molecule has 0 aliphatic heterocycles. The van der Waals surface area contributed by atoms with Crippen LogP contribution < -0.4 is 0 Å². The van der Waals surface area contributed by atoms with E-state index in [9.17, 15) is 9.90 Å². The molecule has 18 heavy (non-hydrogen) atoms.